The van der Waals surface area contributed by atoms with E-state index in [4.69, 9.17) is 23.2 Å². The highest BCUT2D eigenvalue weighted by Crippen LogP contribution is 2.30. The molecule has 0 aliphatic rings. The molecule has 0 amide bonds. The molecule has 0 saturated heterocycles. The first-order valence-corrected chi connectivity index (χ1v) is 6.10. The summed E-state index contributed by atoms with van der Waals surface area (Å²) in [5, 5.41) is 14.5. The summed E-state index contributed by atoms with van der Waals surface area (Å²) in [6, 6.07) is 8.53. The largest absolute Gasteiger partial charge is 0.360 e. The van der Waals surface area contributed by atoms with E-state index >= 15 is 0 Å². The summed E-state index contributed by atoms with van der Waals surface area (Å²) in [5.41, 5.74) is 0.707. The van der Waals surface area contributed by atoms with E-state index in [1.165, 1.54) is 12.3 Å². The van der Waals surface area contributed by atoms with Gasteiger partial charge in [-0.2, -0.15) is 0 Å². The van der Waals surface area contributed by atoms with E-state index in [0.29, 0.717) is 11.6 Å². The first-order valence-electron chi connectivity index (χ1n) is 5.35. The van der Waals surface area contributed by atoms with Gasteiger partial charge in [-0.25, -0.2) is 4.98 Å². The van der Waals surface area contributed by atoms with E-state index in [-0.39, 0.29) is 16.5 Å². The summed E-state index contributed by atoms with van der Waals surface area (Å²) >= 11 is 11.6. The number of rotatable bonds is 4. The average molecular weight is 298 g/mol. The zero-order valence-corrected chi connectivity index (χ0v) is 11.1. The van der Waals surface area contributed by atoms with Gasteiger partial charge >= 0.3 is 5.69 Å². The predicted octanol–water partition coefficient (Wildman–Crippen LogP) is 3.91. The van der Waals surface area contributed by atoms with Gasteiger partial charge in [0.15, 0.2) is 0 Å². The molecular weight excluding hydrogens is 289 g/mol. The van der Waals surface area contributed by atoms with E-state index in [2.05, 4.69) is 10.3 Å². The van der Waals surface area contributed by atoms with Gasteiger partial charge in [0.05, 0.1) is 4.92 Å². The molecule has 7 heteroatoms. The third kappa shape index (κ3) is 3.33. The Balaban J connectivity index is 2.18. The van der Waals surface area contributed by atoms with Crippen LogP contribution in [0.4, 0.5) is 11.5 Å². The maximum Gasteiger partial charge on any atom is 0.329 e. The molecule has 2 rings (SSSR count). The zero-order valence-electron chi connectivity index (χ0n) is 9.64. The van der Waals surface area contributed by atoms with E-state index in [1.807, 2.05) is 12.1 Å². The minimum Gasteiger partial charge on any atom is -0.360 e. The molecule has 0 bridgehead atoms. The zero-order chi connectivity index (χ0) is 13.8. The van der Waals surface area contributed by atoms with Crippen LogP contribution in [0.2, 0.25) is 10.0 Å². The van der Waals surface area contributed by atoms with Crippen LogP contribution in [0.1, 0.15) is 5.56 Å². The number of hydrogen-bond acceptors (Lipinski definition) is 4. The molecule has 1 N–H and O–H groups in total. The molecule has 19 heavy (non-hydrogen) atoms. The van der Waals surface area contributed by atoms with Crippen molar-refractivity contribution in [2.75, 3.05) is 5.32 Å². The maximum atomic E-state index is 10.9. The fraction of sp³-hybridized carbons (Fsp3) is 0.0833. The van der Waals surface area contributed by atoms with Crippen molar-refractivity contribution >= 4 is 34.7 Å². The molecule has 98 valence electrons. The highest BCUT2D eigenvalue weighted by atomic mass is 35.5. The average Bonchev–Trinajstić information content (AvgIpc) is 2.37. The van der Waals surface area contributed by atoms with Crippen LogP contribution in [0.3, 0.4) is 0 Å². The summed E-state index contributed by atoms with van der Waals surface area (Å²) in [5.74, 6) is 0.146. The van der Waals surface area contributed by atoms with Crippen molar-refractivity contribution < 1.29 is 4.92 Å². The van der Waals surface area contributed by atoms with Crippen LogP contribution < -0.4 is 5.32 Å². The summed E-state index contributed by atoms with van der Waals surface area (Å²) in [4.78, 5) is 14.3. The Morgan fingerprint density at radius 1 is 1.21 bits per heavy atom. The molecule has 0 aliphatic carbocycles. The van der Waals surface area contributed by atoms with Crippen molar-refractivity contribution in [1.82, 2.24) is 4.98 Å². The Labute approximate surface area is 119 Å². The second-order valence-corrected chi connectivity index (χ2v) is 4.57. The lowest BCUT2D eigenvalue weighted by atomic mass is 10.2. The lowest BCUT2D eigenvalue weighted by molar-refractivity contribution is -0.384. The number of hydrogen-bond donors (Lipinski definition) is 1. The molecule has 1 heterocycles. The molecule has 1 aromatic carbocycles. The van der Waals surface area contributed by atoms with E-state index < -0.39 is 4.92 Å². The van der Waals surface area contributed by atoms with Crippen LogP contribution in [0, 0.1) is 10.1 Å². The van der Waals surface area contributed by atoms with Crippen LogP contribution in [-0.2, 0) is 6.54 Å². The van der Waals surface area contributed by atoms with Crippen molar-refractivity contribution in [3.63, 3.8) is 0 Å². The third-order valence-electron chi connectivity index (χ3n) is 2.43. The number of nitrogens with one attached hydrogen (secondary N) is 1. The van der Waals surface area contributed by atoms with Crippen LogP contribution in [0.25, 0.3) is 0 Å². The number of pyridine rings is 1. The molecule has 0 atom stereocenters. The predicted molar refractivity (Wildman–Crippen MR) is 74.7 cm³/mol. The summed E-state index contributed by atoms with van der Waals surface area (Å²) < 4.78 is 0. The molecule has 0 saturated carbocycles. The maximum absolute atomic E-state index is 10.9. The molecule has 1 aromatic heterocycles. The lowest BCUT2D eigenvalue weighted by Gasteiger charge is -2.07. The Kier molecular flexibility index (Phi) is 4.19. The lowest BCUT2D eigenvalue weighted by Crippen LogP contribution is -2.04. The van der Waals surface area contributed by atoms with Gasteiger partial charge in [-0.15, -0.1) is 0 Å². The van der Waals surface area contributed by atoms with Gasteiger partial charge in [-0.1, -0.05) is 35.3 Å². The monoisotopic (exact) mass is 297 g/mol. The van der Waals surface area contributed by atoms with Gasteiger partial charge in [0, 0.05) is 17.8 Å². The number of halogens is 2. The van der Waals surface area contributed by atoms with Gasteiger partial charge in [-0.3, -0.25) is 10.1 Å². The number of anilines is 1. The number of benzene rings is 1. The first-order chi connectivity index (χ1) is 9.08. The SMILES string of the molecule is O=[N+]([O-])c1c(Cl)ccnc1NCc1ccc(Cl)cc1. The normalized spacial score (nSPS) is 10.2. The Morgan fingerprint density at radius 3 is 2.53 bits per heavy atom. The van der Waals surface area contributed by atoms with E-state index in [9.17, 15) is 10.1 Å². The third-order valence-corrected chi connectivity index (χ3v) is 2.99. The number of nitro groups is 1. The minimum absolute atomic E-state index is 0.0543. The standard InChI is InChI=1S/C12H9Cl2N3O2/c13-9-3-1-8(2-4-9)7-16-12-11(17(18)19)10(14)5-6-15-12/h1-6H,7H2,(H,15,16). The molecule has 0 spiro atoms. The van der Waals surface area contributed by atoms with Crippen molar-refractivity contribution in [2.45, 2.75) is 6.54 Å². The fourth-order valence-electron chi connectivity index (χ4n) is 1.52. The Bertz CT molecular complexity index is 602. The van der Waals surface area contributed by atoms with Gasteiger partial charge in [0.2, 0.25) is 5.82 Å². The van der Waals surface area contributed by atoms with E-state index in [0.717, 1.165) is 5.56 Å². The van der Waals surface area contributed by atoms with Crippen LogP contribution in [0.5, 0.6) is 0 Å². The Hall–Kier alpha value is -1.85. The molecule has 0 unspecified atom stereocenters. The van der Waals surface area contributed by atoms with Gasteiger partial charge in [-0.05, 0) is 23.8 Å². The first kappa shape index (κ1) is 13.6. The van der Waals surface area contributed by atoms with Crippen molar-refractivity contribution in [1.29, 1.82) is 0 Å². The molecule has 2 aromatic rings. The van der Waals surface area contributed by atoms with Gasteiger partial charge in [0.1, 0.15) is 5.02 Å². The molecule has 0 aliphatic heterocycles. The summed E-state index contributed by atoms with van der Waals surface area (Å²) in [7, 11) is 0. The molecule has 5 nitrogen and oxygen atoms in total. The quantitative estimate of drug-likeness (QED) is 0.686. The smallest absolute Gasteiger partial charge is 0.329 e. The topological polar surface area (TPSA) is 68.1 Å². The molecule has 0 radical (unpaired) electrons. The molecular formula is C12H9Cl2N3O2. The summed E-state index contributed by atoms with van der Waals surface area (Å²) in [6.45, 7) is 0.394. The Morgan fingerprint density at radius 2 is 1.89 bits per heavy atom. The fourth-order valence-corrected chi connectivity index (χ4v) is 1.86. The highest BCUT2D eigenvalue weighted by Gasteiger charge is 2.19. The number of aromatic nitrogens is 1. The number of nitrogens with zero attached hydrogens (tertiary/aromatic N) is 2. The van der Waals surface area contributed by atoms with Crippen LogP contribution in [-0.4, -0.2) is 9.91 Å². The van der Waals surface area contributed by atoms with Crippen molar-refractivity contribution in [3.8, 4) is 0 Å². The van der Waals surface area contributed by atoms with Crippen molar-refractivity contribution in [3.05, 3.63) is 62.3 Å². The van der Waals surface area contributed by atoms with Crippen LogP contribution in [0.15, 0.2) is 36.5 Å². The highest BCUT2D eigenvalue weighted by molar-refractivity contribution is 6.33. The second kappa shape index (κ2) is 5.86. The minimum atomic E-state index is -0.556. The molecule has 0 fully saturated rings. The second-order valence-electron chi connectivity index (χ2n) is 3.73. The van der Waals surface area contributed by atoms with Crippen molar-refractivity contribution in [2.24, 2.45) is 0 Å². The van der Waals surface area contributed by atoms with Crippen LogP contribution >= 0.6 is 23.2 Å². The summed E-state index contributed by atoms with van der Waals surface area (Å²) in [6.07, 6.45) is 1.42. The van der Waals surface area contributed by atoms with Gasteiger partial charge < -0.3 is 5.32 Å². The van der Waals surface area contributed by atoms with E-state index in [1.54, 1.807) is 12.1 Å². The van der Waals surface area contributed by atoms with Gasteiger partial charge in [0.25, 0.3) is 0 Å².